The summed E-state index contributed by atoms with van der Waals surface area (Å²) >= 11 is 0. The second kappa shape index (κ2) is 7.25. The molecule has 0 unspecified atom stereocenters. The van der Waals surface area contributed by atoms with Crippen LogP contribution in [0.2, 0.25) is 0 Å². The van der Waals surface area contributed by atoms with Crippen molar-refractivity contribution in [2.45, 2.75) is 31.7 Å². The Balaban J connectivity index is 1.89. The zero-order chi connectivity index (χ0) is 18.8. The van der Waals surface area contributed by atoms with E-state index >= 15 is 0 Å². The third kappa shape index (κ3) is 3.60. The second-order valence-electron chi connectivity index (χ2n) is 5.85. The van der Waals surface area contributed by atoms with Gasteiger partial charge in [-0.3, -0.25) is 14.0 Å². The number of pyridine rings is 1. The lowest BCUT2D eigenvalue weighted by Gasteiger charge is -2.12. The van der Waals surface area contributed by atoms with Crippen molar-refractivity contribution in [3.63, 3.8) is 0 Å². The van der Waals surface area contributed by atoms with Gasteiger partial charge in [0.1, 0.15) is 11.5 Å². The maximum absolute atomic E-state index is 12.7. The fraction of sp³-hybridized carbons (Fsp3) is 0.278. The summed E-state index contributed by atoms with van der Waals surface area (Å²) in [6.45, 7) is 4.96. The highest BCUT2D eigenvalue weighted by Crippen LogP contribution is 2.26. The number of hydrogen-bond donors (Lipinski definition) is 1. The van der Waals surface area contributed by atoms with Crippen LogP contribution in [0.4, 0.5) is 0 Å². The molecule has 3 rings (SSSR count). The van der Waals surface area contributed by atoms with Gasteiger partial charge in [0.05, 0.1) is 40.4 Å². The Kier molecular flexibility index (Phi) is 5.03. The number of rotatable bonds is 5. The largest absolute Gasteiger partial charge is 0.497 e. The van der Waals surface area contributed by atoms with Gasteiger partial charge in [-0.15, -0.1) is 0 Å². The van der Waals surface area contributed by atoms with Crippen molar-refractivity contribution in [1.82, 2.24) is 15.0 Å². The van der Waals surface area contributed by atoms with Gasteiger partial charge >= 0.3 is 5.97 Å². The molecular formula is C18H19N3O4S. The SMILES string of the molecule is COc1ccc2nc([S@](=O)Cc3ncc(C)c(OC(C)=O)c3C)[nH]c2c1. The predicted octanol–water partition coefficient (Wildman–Crippen LogP) is 2.82. The van der Waals surface area contributed by atoms with Crippen LogP contribution < -0.4 is 9.47 Å². The maximum atomic E-state index is 12.7. The molecule has 0 aliphatic heterocycles. The van der Waals surface area contributed by atoms with Crippen LogP contribution in [0.1, 0.15) is 23.7 Å². The molecule has 0 aliphatic rings. The number of fused-ring (bicyclic) bond motifs is 1. The fourth-order valence-electron chi connectivity index (χ4n) is 2.60. The van der Waals surface area contributed by atoms with E-state index in [0.717, 1.165) is 11.1 Å². The highest BCUT2D eigenvalue weighted by molar-refractivity contribution is 7.84. The van der Waals surface area contributed by atoms with Gasteiger partial charge in [0.2, 0.25) is 0 Å². The van der Waals surface area contributed by atoms with E-state index in [1.54, 1.807) is 38.4 Å². The first kappa shape index (κ1) is 18.1. The van der Waals surface area contributed by atoms with E-state index in [0.29, 0.717) is 33.4 Å². The van der Waals surface area contributed by atoms with Gasteiger partial charge in [0.25, 0.3) is 0 Å². The molecule has 0 radical (unpaired) electrons. The number of imidazole rings is 1. The molecule has 26 heavy (non-hydrogen) atoms. The summed E-state index contributed by atoms with van der Waals surface area (Å²) in [6.07, 6.45) is 1.61. The zero-order valence-corrected chi connectivity index (χ0v) is 15.8. The number of aromatic nitrogens is 3. The van der Waals surface area contributed by atoms with Crippen molar-refractivity contribution in [3.8, 4) is 11.5 Å². The van der Waals surface area contributed by atoms with E-state index in [-0.39, 0.29) is 5.75 Å². The normalized spacial score (nSPS) is 12.2. The summed E-state index contributed by atoms with van der Waals surface area (Å²) in [7, 11) is 0.163. The minimum Gasteiger partial charge on any atom is -0.497 e. The number of benzene rings is 1. The highest BCUT2D eigenvalue weighted by atomic mass is 32.2. The maximum Gasteiger partial charge on any atom is 0.308 e. The van der Waals surface area contributed by atoms with E-state index in [1.807, 2.05) is 6.92 Å². The summed E-state index contributed by atoms with van der Waals surface area (Å²) in [5, 5.41) is 0.365. The average molecular weight is 373 g/mol. The summed E-state index contributed by atoms with van der Waals surface area (Å²) < 4.78 is 23.2. The van der Waals surface area contributed by atoms with Gasteiger partial charge in [-0.25, -0.2) is 4.98 Å². The minimum atomic E-state index is -1.42. The Morgan fingerprint density at radius 1 is 1.31 bits per heavy atom. The number of carbonyl (C=O) groups excluding carboxylic acids is 1. The fourth-order valence-corrected chi connectivity index (χ4v) is 3.70. The number of esters is 1. The molecule has 0 saturated carbocycles. The average Bonchev–Trinajstić information content (AvgIpc) is 3.04. The van der Waals surface area contributed by atoms with Crippen molar-refractivity contribution < 1.29 is 18.5 Å². The molecule has 2 aromatic heterocycles. The van der Waals surface area contributed by atoms with Gasteiger partial charge in [0, 0.05) is 30.3 Å². The topological polar surface area (TPSA) is 94.2 Å². The molecule has 2 heterocycles. The molecular weight excluding hydrogens is 354 g/mol. The van der Waals surface area contributed by atoms with Gasteiger partial charge in [-0.05, 0) is 26.0 Å². The lowest BCUT2D eigenvalue weighted by atomic mass is 10.1. The molecule has 0 saturated heterocycles. The summed E-state index contributed by atoms with van der Waals surface area (Å²) in [4.78, 5) is 23.1. The number of nitrogens with zero attached hydrogens (tertiary/aromatic N) is 2. The summed E-state index contributed by atoms with van der Waals surface area (Å²) in [5.41, 5.74) is 3.52. The first-order valence-electron chi connectivity index (χ1n) is 7.94. The smallest absolute Gasteiger partial charge is 0.308 e. The van der Waals surface area contributed by atoms with Crippen molar-refractivity contribution >= 4 is 27.8 Å². The molecule has 0 spiro atoms. The van der Waals surface area contributed by atoms with Crippen LogP contribution in [-0.4, -0.2) is 32.2 Å². The van der Waals surface area contributed by atoms with Gasteiger partial charge in [0.15, 0.2) is 5.16 Å². The number of nitrogens with one attached hydrogen (secondary N) is 1. The van der Waals surface area contributed by atoms with Crippen molar-refractivity contribution in [1.29, 1.82) is 0 Å². The Morgan fingerprint density at radius 3 is 2.77 bits per heavy atom. The van der Waals surface area contributed by atoms with Gasteiger partial charge < -0.3 is 14.5 Å². The van der Waals surface area contributed by atoms with Crippen LogP contribution in [-0.2, 0) is 21.3 Å². The van der Waals surface area contributed by atoms with Gasteiger partial charge in [-0.1, -0.05) is 0 Å². The van der Waals surface area contributed by atoms with E-state index in [2.05, 4.69) is 15.0 Å². The first-order chi connectivity index (χ1) is 12.4. The summed E-state index contributed by atoms with van der Waals surface area (Å²) in [6, 6.07) is 5.41. The van der Waals surface area contributed by atoms with Crippen molar-refractivity contribution in [2.75, 3.05) is 7.11 Å². The Labute approximate surface area is 153 Å². The van der Waals surface area contributed by atoms with E-state index < -0.39 is 16.8 Å². The minimum absolute atomic E-state index is 0.164. The number of ether oxygens (including phenoxy) is 2. The number of H-pyrrole nitrogens is 1. The monoisotopic (exact) mass is 373 g/mol. The Morgan fingerprint density at radius 2 is 2.08 bits per heavy atom. The molecule has 0 fully saturated rings. The predicted molar refractivity (Wildman–Crippen MR) is 97.8 cm³/mol. The molecule has 0 bridgehead atoms. The summed E-state index contributed by atoms with van der Waals surface area (Å²) in [5.74, 6) is 0.923. The highest BCUT2D eigenvalue weighted by Gasteiger charge is 2.17. The number of carbonyl (C=O) groups is 1. The van der Waals surface area contributed by atoms with E-state index in [9.17, 15) is 9.00 Å². The zero-order valence-electron chi connectivity index (χ0n) is 15.0. The van der Waals surface area contributed by atoms with Crippen molar-refractivity contribution in [3.05, 3.63) is 41.2 Å². The molecule has 1 N–H and O–H groups in total. The van der Waals surface area contributed by atoms with E-state index in [4.69, 9.17) is 9.47 Å². The third-order valence-corrected chi connectivity index (χ3v) is 5.10. The first-order valence-corrected chi connectivity index (χ1v) is 9.26. The molecule has 1 atom stereocenters. The van der Waals surface area contributed by atoms with Crippen LogP contribution in [0.15, 0.2) is 29.6 Å². The van der Waals surface area contributed by atoms with Crippen LogP contribution >= 0.6 is 0 Å². The number of aryl methyl sites for hydroxylation is 1. The van der Waals surface area contributed by atoms with Crippen LogP contribution in [0, 0.1) is 13.8 Å². The lowest BCUT2D eigenvalue weighted by Crippen LogP contribution is -2.09. The molecule has 0 aliphatic carbocycles. The Bertz CT molecular complexity index is 1010. The molecule has 3 aromatic rings. The van der Waals surface area contributed by atoms with Gasteiger partial charge in [-0.2, -0.15) is 0 Å². The number of aromatic amines is 1. The molecule has 136 valence electrons. The van der Waals surface area contributed by atoms with Crippen LogP contribution in [0.5, 0.6) is 11.5 Å². The third-order valence-electron chi connectivity index (χ3n) is 3.94. The van der Waals surface area contributed by atoms with Crippen LogP contribution in [0.25, 0.3) is 11.0 Å². The quantitative estimate of drug-likeness (QED) is 0.691. The standard InChI is InChI=1S/C18H19N3O4S/c1-10-8-19-16(11(2)17(10)25-12(3)22)9-26(23)18-20-14-6-5-13(24-4)7-15(14)21-18/h5-8H,9H2,1-4H3,(H,20,21)/t26-/m1/s1. The molecule has 0 amide bonds. The molecule has 7 nitrogen and oxygen atoms in total. The van der Waals surface area contributed by atoms with Crippen molar-refractivity contribution in [2.24, 2.45) is 0 Å². The number of methoxy groups -OCH3 is 1. The van der Waals surface area contributed by atoms with E-state index in [1.165, 1.54) is 6.92 Å². The van der Waals surface area contributed by atoms with Crippen LogP contribution in [0.3, 0.4) is 0 Å². The lowest BCUT2D eigenvalue weighted by molar-refractivity contribution is -0.131. The second-order valence-corrected chi connectivity index (χ2v) is 7.22. The molecule has 1 aromatic carbocycles. The number of hydrogen-bond acceptors (Lipinski definition) is 6. The Hall–Kier alpha value is -2.74. The molecule has 8 heteroatoms.